The summed E-state index contributed by atoms with van der Waals surface area (Å²) in [5.41, 5.74) is -0.374. The van der Waals surface area contributed by atoms with Crippen LogP contribution in [0.2, 0.25) is 0 Å². The van der Waals surface area contributed by atoms with E-state index in [1.165, 1.54) is 17.4 Å². The van der Waals surface area contributed by atoms with Crippen molar-refractivity contribution in [3.63, 3.8) is 0 Å². The third-order valence-corrected chi connectivity index (χ3v) is 4.27. The molecule has 1 heterocycles. The van der Waals surface area contributed by atoms with E-state index in [0.717, 1.165) is 16.5 Å². The molecule has 1 N–H and O–H groups in total. The standard InChI is InChI=1S/C14H12F4OS/c1-7-5-12(20-8(7)2)13(19)9-3-4-11(15)10(6-9)14(16,17)18/h3-6,13,19H,1-2H3. The van der Waals surface area contributed by atoms with Gasteiger partial charge in [0, 0.05) is 9.75 Å². The van der Waals surface area contributed by atoms with Crippen molar-refractivity contribution in [1.82, 2.24) is 0 Å². The van der Waals surface area contributed by atoms with Gasteiger partial charge in [-0.3, -0.25) is 0 Å². The van der Waals surface area contributed by atoms with Gasteiger partial charge < -0.3 is 5.11 Å². The van der Waals surface area contributed by atoms with Crippen molar-refractivity contribution in [3.05, 3.63) is 56.5 Å². The molecule has 0 saturated carbocycles. The van der Waals surface area contributed by atoms with Gasteiger partial charge >= 0.3 is 6.18 Å². The van der Waals surface area contributed by atoms with Gasteiger partial charge in [-0.05, 0) is 43.2 Å². The molecule has 0 fully saturated rings. The molecule has 108 valence electrons. The van der Waals surface area contributed by atoms with Crippen molar-refractivity contribution in [3.8, 4) is 0 Å². The fourth-order valence-electron chi connectivity index (χ4n) is 1.83. The maximum atomic E-state index is 13.2. The highest BCUT2D eigenvalue weighted by Gasteiger charge is 2.34. The van der Waals surface area contributed by atoms with E-state index in [0.29, 0.717) is 10.9 Å². The molecule has 1 aromatic heterocycles. The van der Waals surface area contributed by atoms with Crippen LogP contribution in [0.1, 0.15) is 32.5 Å². The lowest BCUT2D eigenvalue weighted by Gasteiger charge is -2.13. The van der Waals surface area contributed by atoms with Crippen LogP contribution in [0.15, 0.2) is 24.3 Å². The van der Waals surface area contributed by atoms with E-state index in [-0.39, 0.29) is 5.56 Å². The first-order valence-electron chi connectivity index (χ1n) is 5.82. The Labute approximate surface area is 117 Å². The van der Waals surface area contributed by atoms with Crippen molar-refractivity contribution in [2.75, 3.05) is 0 Å². The summed E-state index contributed by atoms with van der Waals surface area (Å²) in [6.45, 7) is 3.72. The number of hydrogen-bond acceptors (Lipinski definition) is 2. The number of alkyl halides is 3. The van der Waals surface area contributed by atoms with E-state index >= 15 is 0 Å². The zero-order chi connectivity index (χ0) is 15.1. The Hall–Kier alpha value is -1.40. The summed E-state index contributed by atoms with van der Waals surface area (Å²) in [6, 6.07) is 4.28. The Balaban J connectivity index is 2.43. The van der Waals surface area contributed by atoms with Gasteiger partial charge in [0.05, 0.1) is 5.56 Å². The molecule has 6 heteroatoms. The van der Waals surface area contributed by atoms with Crippen LogP contribution in [0.25, 0.3) is 0 Å². The molecule has 0 amide bonds. The smallest absolute Gasteiger partial charge is 0.383 e. The number of hydrogen-bond donors (Lipinski definition) is 1. The second kappa shape index (κ2) is 5.18. The van der Waals surface area contributed by atoms with Crippen LogP contribution in [0.3, 0.4) is 0 Å². The molecule has 1 aromatic carbocycles. The lowest BCUT2D eigenvalue weighted by Crippen LogP contribution is -2.10. The van der Waals surface area contributed by atoms with Crippen molar-refractivity contribution in [2.24, 2.45) is 0 Å². The second-order valence-corrected chi connectivity index (χ2v) is 5.82. The number of aryl methyl sites for hydroxylation is 2. The van der Waals surface area contributed by atoms with Crippen LogP contribution < -0.4 is 0 Å². The second-order valence-electron chi connectivity index (χ2n) is 4.53. The molecule has 1 unspecified atom stereocenters. The predicted molar refractivity (Wildman–Crippen MR) is 69.3 cm³/mol. The Morgan fingerprint density at radius 1 is 1.15 bits per heavy atom. The summed E-state index contributed by atoms with van der Waals surface area (Å²) >= 11 is 1.31. The monoisotopic (exact) mass is 304 g/mol. The van der Waals surface area contributed by atoms with E-state index in [1.807, 2.05) is 13.8 Å². The van der Waals surface area contributed by atoms with Crippen LogP contribution in [0, 0.1) is 19.7 Å². The summed E-state index contributed by atoms with van der Waals surface area (Å²) in [5.74, 6) is -1.34. The molecule has 0 bridgehead atoms. The molecule has 2 rings (SSSR count). The van der Waals surface area contributed by atoms with Gasteiger partial charge in [-0.25, -0.2) is 4.39 Å². The first-order valence-corrected chi connectivity index (χ1v) is 6.63. The lowest BCUT2D eigenvalue weighted by atomic mass is 10.0. The highest BCUT2D eigenvalue weighted by Crippen LogP contribution is 2.36. The summed E-state index contributed by atoms with van der Waals surface area (Å²) < 4.78 is 51.1. The first-order chi connectivity index (χ1) is 9.20. The molecule has 0 saturated heterocycles. The number of rotatable bonds is 2. The molecule has 0 spiro atoms. The van der Waals surface area contributed by atoms with Gasteiger partial charge in [0.2, 0.25) is 0 Å². The van der Waals surface area contributed by atoms with Crippen LogP contribution in [-0.4, -0.2) is 5.11 Å². The van der Waals surface area contributed by atoms with E-state index < -0.39 is 23.7 Å². The Bertz CT molecular complexity index is 611. The van der Waals surface area contributed by atoms with Gasteiger partial charge in [-0.15, -0.1) is 11.3 Å². The number of halogens is 4. The lowest BCUT2D eigenvalue weighted by molar-refractivity contribution is -0.140. The molecule has 0 aliphatic carbocycles. The van der Waals surface area contributed by atoms with Crippen LogP contribution >= 0.6 is 11.3 Å². The average Bonchev–Trinajstić information content (AvgIpc) is 2.68. The summed E-state index contributed by atoms with van der Waals surface area (Å²) in [7, 11) is 0. The van der Waals surface area contributed by atoms with Gasteiger partial charge in [0.25, 0.3) is 0 Å². The van der Waals surface area contributed by atoms with Crippen molar-refractivity contribution in [1.29, 1.82) is 0 Å². The third kappa shape index (κ3) is 2.86. The van der Waals surface area contributed by atoms with Crippen molar-refractivity contribution < 1.29 is 22.7 Å². The summed E-state index contributed by atoms with van der Waals surface area (Å²) in [4.78, 5) is 1.52. The predicted octanol–water partition coefficient (Wildman–Crippen LogP) is 4.60. The molecule has 20 heavy (non-hydrogen) atoms. The highest BCUT2D eigenvalue weighted by molar-refractivity contribution is 7.12. The minimum Gasteiger partial charge on any atom is -0.383 e. The van der Waals surface area contributed by atoms with Gasteiger partial charge in [0.1, 0.15) is 11.9 Å². The zero-order valence-electron chi connectivity index (χ0n) is 10.8. The van der Waals surface area contributed by atoms with E-state index in [9.17, 15) is 22.7 Å². The first kappa shape index (κ1) is 15.0. The molecular weight excluding hydrogens is 292 g/mol. The van der Waals surface area contributed by atoms with E-state index in [2.05, 4.69) is 0 Å². The van der Waals surface area contributed by atoms with Gasteiger partial charge in [-0.1, -0.05) is 6.07 Å². The fourth-order valence-corrected chi connectivity index (χ4v) is 2.89. The van der Waals surface area contributed by atoms with Gasteiger partial charge in [-0.2, -0.15) is 13.2 Å². The minimum atomic E-state index is -4.78. The van der Waals surface area contributed by atoms with Crippen LogP contribution in [-0.2, 0) is 6.18 Å². The van der Waals surface area contributed by atoms with Crippen molar-refractivity contribution >= 4 is 11.3 Å². The Morgan fingerprint density at radius 3 is 2.30 bits per heavy atom. The maximum absolute atomic E-state index is 13.2. The zero-order valence-corrected chi connectivity index (χ0v) is 11.6. The highest BCUT2D eigenvalue weighted by atomic mass is 32.1. The normalized spacial score (nSPS) is 13.6. The molecule has 1 nitrogen and oxygen atoms in total. The van der Waals surface area contributed by atoms with E-state index in [1.54, 1.807) is 6.07 Å². The number of aliphatic hydroxyl groups excluding tert-OH is 1. The quantitative estimate of drug-likeness (QED) is 0.804. The molecule has 2 aromatic rings. The maximum Gasteiger partial charge on any atom is 0.419 e. The Kier molecular flexibility index (Phi) is 3.88. The molecule has 0 radical (unpaired) electrons. The fraction of sp³-hybridized carbons (Fsp3) is 0.286. The summed E-state index contributed by atoms with van der Waals surface area (Å²) in [5, 5.41) is 10.1. The van der Waals surface area contributed by atoms with E-state index in [4.69, 9.17) is 0 Å². The Morgan fingerprint density at radius 2 is 1.80 bits per heavy atom. The molecular formula is C14H12F4OS. The molecule has 0 aliphatic rings. The average molecular weight is 304 g/mol. The largest absolute Gasteiger partial charge is 0.419 e. The SMILES string of the molecule is Cc1cc(C(O)c2ccc(F)c(C(F)(F)F)c2)sc1C. The topological polar surface area (TPSA) is 20.2 Å². The van der Waals surface area contributed by atoms with Gasteiger partial charge in [0.15, 0.2) is 0 Å². The molecule has 1 atom stereocenters. The number of aliphatic hydroxyl groups is 1. The van der Waals surface area contributed by atoms with Crippen LogP contribution in [0.4, 0.5) is 17.6 Å². The third-order valence-electron chi connectivity index (χ3n) is 3.07. The molecule has 0 aliphatic heterocycles. The minimum absolute atomic E-state index is 0.0278. The number of thiophene rings is 1. The van der Waals surface area contributed by atoms with Crippen molar-refractivity contribution in [2.45, 2.75) is 26.1 Å². The van der Waals surface area contributed by atoms with Crippen LogP contribution in [0.5, 0.6) is 0 Å². The summed E-state index contributed by atoms with van der Waals surface area (Å²) in [6.07, 6.45) is -5.96. The number of benzene rings is 1.